The Kier molecular flexibility index (Phi) is 9.03. The van der Waals surface area contributed by atoms with Gasteiger partial charge in [0.2, 0.25) is 0 Å². The summed E-state index contributed by atoms with van der Waals surface area (Å²) >= 11 is 0. The van der Waals surface area contributed by atoms with Gasteiger partial charge in [-0.3, -0.25) is 0 Å². The summed E-state index contributed by atoms with van der Waals surface area (Å²) in [7, 11) is 0. The van der Waals surface area contributed by atoms with E-state index in [-0.39, 0.29) is 27.1 Å². The molecule has 5 aromatic rings. The molecule has 0 saturated heterocycles. The van der Waals surface area contributed by atoms with Crippen LogP contribution in [0.15, 0.2) is 103 Å². The molecule has 0 fully saturated rings. The Bertz CT molecular complexity index is 2140. The van der Waals surface area contributed by atoms with E-state index in [1.165, 1.54) is 81.6 Å². The highest BCUT2D eigenvalue weighted by molar-refractivity contribution is 5.90. The molecule has 2 heteroatoms. The molecule has 2 nitrogen and oxygen atoms in total. The first-order chi connectivity index (χ1) is 24.7. The van der Waals surface area contributed by atoms with Crippen LogP contribution in [0.1, 0.15) is 135 Å². The monoisotopic (exact) mass is 702 g/mol. The maximum absolute atomic E-state index is 3.79. The molecule has 0 saturated carbocycles. The van der Waals surface area contributed by atoms with Gasteiger partial charge >= 0.3 is 0 Å². The van der Waals surface area contributed by atoms with Crippen molar-refractivity contribution in [3.63, 3.8) is 0 Å². The Hall–Kier alpha value is -4.30. The van der Waals surface area contributed by atoms with Gasteiger partial charge in [0.15, 0.2) is 0 Å². The molecule has 2 aliphatic rings. The summed E-state index contributed by atoms with van der Waals surface area (Å²) < 4.78 is 0. The maximum Gasteiger partial charge on any atom is 0.0543 e. The van der Waals surface area contributed by atoms with E-state index in [0.717, 1.165) is 17.1 Å². The second-order valence-corrected chi connectivity index (χ2v) is 19.9. The van der Waals surface area contributed by atoms with Crippen LogP contribution in [0.4, 0.5) is 28.4 Å². The molecule has 0 atom stereocenters. The van der Waals surface area contributed by atoms with Crippen molar-refractivity contribution in [1.82, 2.24) is 0 Å². The molecule has 0 amide bonds. The molecule has 0 aromatic heterocycles. The number of rotatable bonds is 6. The summed E-state index contributed by atoms with van der Waals surface area (Å²) in [5.74, 6) is 0. The molecule has 5 aromatic carbocycles. The smallest absolute Gasteiger partial charge is 0.0543 e. The van der Waals surface area contributed by atoms with Crippen molar-refractivity contribution in [2.75, 3.05) is 10.2 Å². The zero-order chi connectivity index (χ0) is 38.1. The van der Waals surface area contributed by atoms with E-state index in [1.54, 1.807) is 0 Å². The molecule has 0 radical (unpaired) electrons. The second-order valence-electron chi connectivity index (χ2n) is 19.9. The molecule has 0 aliphatic heterocycles. The molecule has 1 N–H and O–H groups in total. The molecular weight excluding hydrogens is 641 g/mol. The van der Waals surface area contributed by atoms with Crippen LogP contribution in [0.2, 0.25) is 0 Å². The van der Waals surface area contributed by atoms with Crippen LogP contribution in [0, 0.1) is 6.92 Å². The number of nitrogens with zero attached hydrogens (tertiary/aromatic N) is 1. The van der Waals surface area contributed by atoms with Gasteiger partial charge in [-0.2, -0.15) is 0 Å². The topological polar surface area (TPSA) is 15.3 Å². The van der Waals surface area contributed by atoms with E-state index in [0.29, 0.717) is 0 Å². The Labute approximate surface area is 321 Å². The van der Waals surface area contributed by atoms with Crippen LogP contribution in [-0.4, -0.2) is 0 Å². The highest BCUT2D eigenvalue weighted by atomic mass is 15.1. The number of nitrogens with one attached hydrogen (secondary N) is 1. The van der Waals surface area contributed by atoms with Crippen molar-refractivity contribution >= 4 is 28.4 Å². The van der Waals surface area contributed by atoms with Crippen molar-refractivity contribution in [3.05, 3.63) is 137 Å². The number of fused-ring (bicyclic) bond motifs is 2. The van der Waals surface area contributed by atoms with Crippen molar-refractivity contribution in [2.45, 2.75) is 136 Å². The summed E-state index contributed by atoms with van der Waals surface area (Å²) in [6.07, 6.45) is 4.74. The first-order valence-corrected chi connectivity index (χ1v) is 19.9. The van der Waals surface area contributed by atoms with Crippen LogP contribution in [0.25, 0.3) is 11.1 Å². The van der Waals surface area contributed by atoms with Crippen molar-refractivity contribution in [3.8, 4) is 11.1 Å². The molecule has 0 spiro atoms. The number of hydrogen-bond donors (Lipinski definition) is 1. The minimum absolute atomic E-state index is 0.0703. The normalized spacial score (nSPS) is 18.1. The van der Waals surface area contributed by atoms with Crippen molar-refractivity contribution < 1.29 is 0 Å². The number of aryl methyl sites for hydroxylation is 1. The van der Waals surface area contributed by atoms with Crippen LogP contribution in [0.5, 0.6) is 0 Å². The van der Waals surface area contributed by atoms with E-state index >= 15 is 0 Å². The fourth-order valence-corrected chi connectivity index (χ4v) is 8.96. The summed E-state index contributed by atoms with van der Waals surface area (Å²) in [5.41, 5.74) is 17.3. The van der Waals surface area contributed by atoms with E-state index in [9.17, 15) is 0 Å². The lowest BCUT2D eigenvalue weighted by Gasteiger charge is -2.44. The molecular formula is C51H62N2. The third-order valence-corrected chi connectivity index (χ3v) is 12.7. The van der Waals surface area contributed by atoms with Gasteiger partial charge in [0.1, 0.15) is 0 Å². The van der Waals surface area contributed by atoms with E-state index < -0.39 is 0 Å². The van der Waals surface area contributed by atoms with E-state index in [1.807, 2.05) is 0 Å². The van der Waals surface area contributed by atoms with Crippen molar-refractivity contribution in [2.24, 2.45) is 0 Å². The zero-order valence-electron chi connectivity index (χ0n) is 34.6. The second kappa shape index (κ2) is 12.9. The van der Waals surface area contributed by atoms with Crippen LogP contribution in [0.3, 0.4) is 0 Å². The van der Waals surface area contributed by atoms with Gasteiger partial charge in [0.05, 0.1) is 5.69 Å². The Morgan fingerprint density at radius 1 is 0.509 bits per heavy atom. The summed E-state index contributed by atoms with van der Waals surface area (Å²) in [5, 5.41) is 3.79. The fraction of sp³-hybridized carbons (Fsp3) is 0.412. The van der Waals surface area contributed by atoms with Crippen LogP contribution in [-0.2, 0) is 27.1 Å². The quantitative estimate of drug-likeness (QED) is 0.189. The summed E-state index contributed by atoms with van der Waals surface area (Å²) in [6, 6.07) is 39.5. The van der Waals surface area contributed by atoms with Crippen LogP contribution < -0.4 is 10.2 Å². The Morgan fingerprint density at radius 3 is 1.64 bits per heavy atom. The van der Waals surface area contributed by atoms with E-state index in [4.69, 9.17) is 0 Å². The lowest BCUT2D eigenvalue weighted by molar-refractivity contribution is 0.332. The lowest BCUT2D eigenvalue weighted by Crippen LogP contribution is -2.34. The minimum Gasteiger partial charge on any atom is -0.355 e. The van der Waals surface area contributed by atoms with Gasteiger partial charge in [-0.05, 0) is 153 Å². The fourth-order valence-electron chi connectivity index (χ4n) is 8.96. The molecule has 0 heterocycles. The number of anilines is 5. The highest BCUT2D eigenvalue weighted by Crippen LogP contribution is 2.53. The van der Waals surface area contributed by atoms with E-state index in [2.05, 4.69) is 196 Å². The van der Waals surface area contributed by atoms with Gasteiger partial charge in [0, 0.05) is 28.3 Å². The van der Waals surface area contributed by atoms with Crippen LogP contribution >= 0.6 is 0 Å². The maximum atomic E-state index is 3.79. The SMILES string of the molecule is Cc1cc(Nc2ccc(C(C)(C)C)cc2)cc(N(c2ccc3c(c2)C(C)(C)CCC3(C)C)c2cc3c(cc2-c2ccccc2)C(C)(C)CCC3(C)C)c1. The molecule has 2 aliphatic carbocycles. The number of hydrogen-bond acceptors (Lipinski definition) is 2. The van der Waals surface area contributed by atoms with Gasteiger partial charge in [-0.15, -0.1) is 0 Å². The Morgan fingerprint density at radius 2 is 1.06 bits per heavy atom. The molecule has 276 valence electrons. The van der Waals surface area contributed by atoms with Crippen molar-refractivity contribution in [1.29, 1.82) is 0 Å². The highest BCUT2D eigenvalue weighted by Gasteiger charge is 2.40. The standard InChI is InChI=1S/C51H62N2/c1-34-28-38(52-37-20-18-36(19-21-37)47(2,3)4)30-40(29-34)53(39-22-23-42-43(31-39)49(7,8)25-24-48(42,5)6)46-33-45-44(50(9,10)26-27-51(45,11)12)32-41(46)35-16-14-13-15-17-35/h13-23,28-33,52H,24-27H2,1-12H3. The van der Waals surface area contributed by atoms with Gasteiger partial charge in [-0.25, -0.2) is 0 Å². The first-order valence-electron chi connectivity index (χ1n) is 19.9. The average molecular weight is 703 g/mol. The lowest BCUT2D eigenvalue weighted by atomic mass is 9.62. The molecule has 7 rings (SSSR count). The van der Waals surface area contributed by atoms with Gasteiger partial charge in [0.25, 0.3) is 0 Å². The summed E-state index contributed by atoms with van der Waals surface area (Å²) in [6.45, 7) is 28.5. The minimum atomic E-state index is 0.0703. The average Bonchev–Trinajstić information content (AvgIpc) is 3.09. The third-order valence-electron chi connectivity index (χ3n) is 12.7. The molecule has 0 bridgehead atoms. The predicted molar refractivity (Wildman–Crippen MR) is 230 cm³/mol. The molecule has 53 heavy (non-hydrogen) atoms. The Balaban J connectivity index is 1.49. The third kappa shape index (κ3) is 7.07. The predicted octanol–water partition coefficient (Wildman–Crippen LogP) is 14.9. The molecule has 0 unspecified atom stereocenters. The zero-order valence-corrected chi connectivity index (χ0v) is 34.6. The van der Waals surface area contributed by atoms with Gasteiger partial charge in [-0.1, -0.05) is 125 Å². The first kappa shape index (κ1) is 37.0. The largest absolute Gasteiger partial charge is 0.355 e. The summed E-state index contributed by atoms with van der Waals surface area (Å²) in [4.78, 5) is 2.57. The van der Waals surface area contributed by atoms with Gasteiger partial charge < -0.3 is 10.2 Å². The number of benzene rings is 5.